The van der Waals surface area contributed by atoms with Crippen LogP contribution in [0.5, 0.6) is 11.5 Å². The maximum absolute atomic E-state index is 11.8. The van der Waals surface area contributed by atoms with E-state index in [-0.39, 0.29) is 12.7 Å². The minimum absolute atomic E-state index is 0.108. The molecule has 4 rings (SSSR count). The summed E-state index contributed by atoms with van der Waals surface area (Å²) < 4.78 is 24.4. The number of rotatable bonds is 7. The molecule has 3 aromatic rings. The lowest BCUT2D eigenvalue weighted by Crippen LogP contribution is -2.37. The second-order valence-electron chi connectivity index (χ2n) is 7.51. The topological polar surface area (TPSA) is 102 Å². The van der Waals surface area contributed by atoms with E-state index in [4.69, 9.17) is 30.0 Å². The number of carbonyl (C=O) groups is 1. The average molecular weight is 493 g/mol. The van der Waals surface area contributed by atoms with Crippen LogP contribution in [0.1, 0.15) is 18.2 Å². The van der Waals surface area contributed by atoms with Gasteiger partial charge in [0.1, 0.15) is 36.5 Å². The largest absolute Gasteiger partial charge is 0.480 e. The third-order valence-corrected chi connectivity index (χ3v) is 8.21. The first kappa shape index (κ1) is 23.7. The van der Waals surface area contributed by atoms with Gasteiger partial charge in [-0.05, 0) is 60.7 Å². The zero-order valence-corrected chi connectivity index (χ0v) is 19.5. The zero-order valence-electron chi connectivity index (χ0n) is 17.8. The molecule has 1 fully saturated rings. The Morgan fingerprint density at radius 2 is 1.82 bits per heavy atom. The molecule has 2 heterocycles. The molecule has 3 atom stereocenters. The molecular weight excluding hydrogens is 469 g/mol. The minimum atomic E-state index is -3.54. The molecule has 3 unspecified atom stereocenters. The Morgan fingerprint density at radius 3 is 2.39 bits per heavy atom. The van der Waals surface area contributed by atoms with Crippen molar-refractivity contribution in [2.24, 2.45) is 0 Å². The maximum Gasteiger partial charge on any atom is 0.382 e. The van der Waals surface area contributed by atoms with Crippen molar-refractivity contribution in [2.45, 2.75) is 18.6 Å². The fourth-order valence-corrected chi connectivity index (χ4v) is 6.24. The lowest BCUT2D eigenvalue weighted by Gasteiger charge is -2.30. The van der Waals surface area contributed by atoms with E-state index in [0.717, 1.165) is 0 Å². The predicted molar refractivity (Wildman–Crippen MR) is 124 cm³/mol. The van der Waals surface area contributed by atoms with E-state index < -0.39 is 26.4 Å². The first-order chi connectivity index (χ1) is 15.9. The second-order valence-corrected chi connectivity index (χ2v) is 10.3. The summed E-state index contributed by atoms with van der Waals surface area (Å²) in [6, 6.07) is 16.6. The number of methoxy groups -OCH3 is 1. The van der Waals surface area contributed by atoms with Gasteiger partial charge >= 0.3 is 13.8 Å². The molecule has 0 saturated carbocycles. The van der Waals surface area contributed by atoms with Crippen molar-refractivity contribution in [3.05, 3.63) is 77.7 Å². The maximum atomic E-state index is 11.8. The molecule has 1 aromatic heterocycles. The van der Waals surface area contributed by atoms with Gasteiger partial charge in [-0.3, -0.25) is 4.79 Å². The van der Waals surface area contributed by atoms with Gasteiger partial charge in [0.2, 0.25) is 0 Å². The van der Waals surface area contributed by atoms with Gasteiger partial charge in [-0.15, -0.1) is 4.67 Å². The van der Waals surface area contributed by atoms with Crippen molar-refractivity contribution in [3.63, 3.8) is 0 Å². The lowest BCUT2D eigenvalue weighted by molar-refractivity contribution is -0.137. The highest BCUT2D eigenvalue weighted by Gasteiger charge is 2.56. The highest BCUT2D eigenvalue weighted by Crippen LogP contribution is 2.63. The van der Waals surface area contributed by atoms with Crippen molar-refractivity contribution < 1.29 is 33.2 Å². The number of hydrogen-bond donors (Lipinski definition) is 2. The van der Waals surface area contributed by atoms with Gasteiger partial charge in [0.15, 0.2) is 5.30 Å². The molecule has 2 aromatic carbocycles. The molecule has 1 aliphatic rings. The van der Waals surface area contributed by atoms with Crippen molar-refractivity contribution >= 4 is 30.7 Å². The fraction of sp³-hybridized carbons (Fsp3) is 0.261. The average Bonchev–Trinajstić information content (AvgIpc) is 3.30. The number of carboxylic acid groups (broad SMARTS) is 1. The highest BCUT2D eigenvalue weighted by molar-refractivity contribution is 7.71. The second kappa shape index (κ2) is 10.2. The van der Waals surface area contributed by atoms with E-state index in [1.54, 1.807) is 67.8 Å². The highest BCUT2D eigenvalue weighted by atomic mass is 35.5. The first-order valence-electron chi connectivity index (χ1n) is 10.2. The summed E-state index contributed by atoms with van der Waals surface area (Å²) in [4.78, 5) is 23.6. The van der Waals surface area contributed by atoms with Crippen LogP contribution < -0.4 is 10.0 Å². The van der Waals surface area contributed by atoms with Crippen molar-refractivity contribution in [2.75, 3.05) is 20.3 Å². The number of carboxylic acids is 1. The number of furan rings is 1. The third-order valence-electron chi connectivity index (χ3n) is 5.36. The van der Waals surface area contributed by atoms with Crippen molar-refractivity contribution in [3.8, 4) is 11.5 Å². The molecule has 0 aliphatic carbocycles. The smallest absolute Gasteiger partial charge is 0.382 e. The molecule has 1 saturated heterocycles. The number of aliphatic carboxylic acids is 1. The molecule has 0 radical (unpaired) electrons. The molecule has 174 valence electrons. The molecule has 0 amide bonds. The zero-order chi connectivity index (χ0) is 23.4. The first-order valence-corrected chi connectivity index (χ1v) is 12.2. The lowest BCUT2D eigenvalue weighted by atomic mass is 10.1. The predicted octanol–water partition coefficient (Wildman–Crippen LogP) is 4.67. The van der Waals surface area contributed by atoms with Crippen LogP contribution in [0.15, 0.2) is 71.3 Å². The minimum Gasteiger partial charge on any atom is -0.480 e. The Balaban J connectivity index is 1.67. The summed E-state index contributed by atoms with van der Waals surface area (Å²) in [6.07, 6.45) is 1.57. The van der Waals surface area contributed by atoms with E-state index in [9.17, 15) is 14.8 Å². The summed E-state index contributed by atoms with van der Waals surface area (Å²) in [5.74, 6) is 0.599. The summed E-state index contributed by atoms with van der Waals surface area (Å²) in [5.41, 5.74) is 0. The number of nitrogens with zero attached hydrogens (tertiary/aromatic N) is 1. The number of halogens is 1. The molecule has 0 spiro atoms. The molecule has 0 bridgehead atoms. The van der Waals surface area contributed by atoms with Crippen molar-refractivity contribution in [1.82, 2.24) is 4.67 Å². The summed E-state index contributed by atoms with van der Waals surface area (Å²) in [5, 5.41) is 10.7. The van der Waals surface area contributed by atoms with Crippen LogP contribution >= 0.6 is 19.5 Å². The van der Waals surface area contributed by atoms with Gasteiger partial charge in [-0.2, -0.15) is 9.42 Å². The van der Waals surface area contributed by atoms with Crippen molar-refractivity contribution in [1.29, 1.82) is 0 Å². The van der Waals surface area contributed by atoms with Gasteiger partial charge in [-0.25, -0.2) is 0 Å². The van der Waals surface area contributed by atoms with E-state index in [1.807, 2.05) is 0 Å². The van der Waals surface area contributed by atoms with Gasteiger partial charge in [-0.1, -0.05) is 11.6 Å². The van der Waals surface area contributed by atoms with Crippen LogP contribution in [0.2, 0.25) is 5.02 Å². The molecule has 8 nitrogen and oxygen atoms in total. The number of hydrogen-bond acceptors (Lipinski definition) is 7. The summed E-state index contributed by atoms with van der Waals surface area (Å²) in [6.45, 7) is -0.327. The van der Waals surface area contributed by atoms with E-state index >= 15 is 0 Å². The van der Waals surface area contributed by atoms with Gasteiger partial charge < -0.3 is 19.0 Å². The van der Waals surface area contributed by atoms with Gasteiger partial charge in [0, 0.05) is 18.6 Å². The Labute approximate surface area is 196 Å². The van der Waals surface area contributed by atoms with Gasteiger partial charge in [0.25, 0.3) is 0 Å². The molecule has 2 N–H and O–H groups in total. The summed E-state index contributed by atoms with van der Waals surface area (Å²) in [7, 11) is -1.98. The van der Waals surface area contributed by atoms with Crippen LogP contribution in [0, 0.1) is 0 Å². The normalized spacial score (nSPS) is 23.7. The van der Waals surface area contributed by atoms with E-state index in [1.165, 1.54) is 10.9 Å². The third kappa shape index (κ3) is 5.38. The summed E-state index contributed by atoms with van der Waals surface area (Å²) >= 11 is 5.91. The molecule has 1 aliphatic heterocycles. The molecule has 33 heavy (non-hydrogen) atoms. The fourth-order valence-electron chi connectivity index (χ4n) is 3.71. The van der Waals surface area contributed by atoms with E-state index in [0.29, 0.717) is 34.0 Å². The standard InChI is InChI=1S/C23H23ClNO7P/c1-29-19-13-21(22-3-2-12-30-22)25(14-23(26)27)33(28,31-15-19)20-10-8-18(9-11-20)32-17-6-4-16(24)5-7-17/h2-12,19,21,28H,13-15H2,1H3/p+1. The van der Waals surface area contributed by atoms with Crippen LogP contribution in [0.4, 0.5) is 0 Å². The van der Waals surface area contributed by atoms with Crippen LogP contribution in [0.3, 0.4) is 0 Å². The quantitative estimate of drug-likeness (QED) is 0.459. The van der Waals surface area contributed by atoms with E-state index in [2.05, 4.69) is 0 Å². The van der Waals surface area contributed by atoms with Crippen LogP contribution in [-0.2, 0) is 14.1 Å². The van der Waals surface area contributed by atoms with Crippen LogP contribution in [-0.4, -0.2) is 47.0 Å². The number of benzene rings is 2. The molecule has 10 heteroatoms. The number of ether oxygens (including phenoxy) is 2. The Morgan fingerprint density at radius 1 is 1.15 bits per heavy atom. The van der Waals surface area contributed by atoms with Crippen LogP contribution in [0.25, 0.3) is 0 Å². The monoisotopic (exact) mass is 492 g/mol. The van der Waals surface area contributed by atoms with Gasteiger partial charge in [0.05, 0.1) is 12.4 Å². The Kier molecular flexibility index (Phi) is 7.34. The SMILES string of the molecule is COC1CO[P+](O)(c2ccc(Oc3ccc(Cl)cc3)cc2)N(CC(=O)O)C(c2ccco2)C1. The Hall–Kier alpha value is -2.45. The molecular formula is C23H24ClNO7P+. The Bertz CT molecular complexity index is 1060.